The molecule has 0 aliphatic heterocycles. The summed E-state index contributed by atoms with van der Waals surface area (Å²) >= 11 is 0. The molecule has 0 saturated heterocycles. The fourth-order valence-electron chi connectivity index (χ4n) is 2.40. The molecule has 0 bridgehead atoms. The number of aromatic amines is 1. The van der Waals surface area contributed by atoms with E-state index in [4.69, 9.17) is 16.9 Å². The van der Waals surface area contributed by atoms with E-state index >= 15 is 0 Å². The van der Waals surface area contributed by atoms with Gasteiger partial charge in [-0.25, -0.2) is 0 Å². The highest BCUT2D eigenvalue weighted by Crippen LogP contribution is 2.25. The zero-order chi connectivity index (χ0) is 15.7. The van der Waals surface area contributed by atoms with E-state index < -0.39 is 0 Å². The molecule has 3 rings (SSSR count). The average molecular weight is 291 g/mol. The van der Waals surface area contributed by atoms with Gasteiger partial charge in [-0.15, -0.1) is 0 Å². The fourth-order valence-corrected chi connectivity index (χ4v) is 2.40. The van der Waals surface area contributed by atoms with E-state index in [9.17, 15) is 0 Å². The maximum atomic E-state index is 7.50. The summed E-state index contributed by atoms with van der Waals surface area (Å²) in [5.74, 6) is 0.589. The number of nitrogens with zero attached hydrogens (tertiary/aromatic N) is 1. The summed E-state index contributed by atoms with van der Waals surface area (Å²) in [6, 6.07) is 15.7. The Labute approximate surface area is 128 Å². The molecule has 22 heavy (non-hydrogen) atoms. The van der Waals surface area contributed by atoms with Crippen LogP contribution in [0.5, 0.6) is 0 Å². The van der Waals surface area contributed by atoms with Crippen LogP contribution in [0.15, 0.2) is 53.5 Å². The second kappa shape index (κ2) is 5.37. The van der Waals surface area contributed by atoms with E-state index in [0.717, 1.165) is 27.7 Å². The number of H-pyrrole nitrogens is 1. The third-order valence-corrected chi connectivity index (χ3v) is 3.67. The van der Waals surface area contributed by atoms with Crippen LogP contribution in [0.2, 0.25) is 0 Å². The van der Waals surface area contributed by atoms with Crippen molar-refractivity contribution in [3.05, 3.63) is 59.7 Å². The van der Waals surface area contributed by atoms with Gasteiger partial charge in [-0.2, -0.15) is 0 Å². The number of hydrogen-bond donors (Lipinski definition) is 4. The van der Waals surface area contributed by atoms with Gasteiger partial charge in [0.25, 0.3) is 0 Å². The molecule has 6 N–H and O–H groups in total. The van der Waals surface area contributed by atoms with Gasteiger partial charge in [0.15, 0.2) is 0 Å². The number of amidine groups is 2. The van der Waals surface area contributed by atoms with Crippen molar-refractivity contribution in [1.82, 2.24) is 4.98 Å². The lowest BCUT2D eigenvalue weighted by molar-refractivity contribution is 1.38. The molecule has 0 aliphatic rings. The van der Waals surface area contributed by atoms with Crippen molar-refractivity contribution in [3.63, 3.8) is 0 Å². The highest BCUT2D eigenvalue weighted by atomic mass is 14.8. The minimum absolute atomic E-state index is 0.0664. The van der Waals surface area contributed by atoms with E-state index in [1.165, 1.54) is 0 Å². The zero-order valence-corrected chi connectivity index (χ0v) is 12.2. The second-order valence-electron chi connectivity index (χ2n) is 5.08. The smallest absolute Gasteiger partial charge is 0.125 e. The van der Waals surface area contributed by atoms with Crippen LogP contribution in [0.25, 0.3) is 22.2 Å². The Bertz CT molecular complexity index is 872. The summed E-state index contributed by atoms with van der Waals surface area (Å²) in [5.41, 5.74) is 16.0. The number of benzene rings is 2. The molecule has 2 aromatic carbocycles. The van der Waals surface area contributed by atoms with E-state index in [2.05, 4.69) is 16.0 Å². The number of nitrogens with one attached hydrogen (secondary N) is 2. The first-order valence-corrected chi connectivity index (χ1v) is 6.88. The van der Waals surface area contributed by atoms with Gasteiger partial charge in [-0.05, 0) is 17.7 Å². The number of rotatable bonds is 3. The maximum Gasteiger partial charge on any atom is 0.125 e. The van der Waals surface area contributed by atoms with Crippen LogP contribution in [0.3, 0.4) is 0 Å². The molecule has 0 spiro atoms. The first-order valence-electron chi connectivity index (χ1n) is 6.88. The van der Waals surface area contributed by atoms with Gasteiger partial charge in [-0.3, -0.25) is 10.4 Å². The van der Waals surface area contributed by atoms with Crippen molar-refractivity contribution in [2.45, 2.75) is 0 Å². The van der Waals surface area contributed by atoms with Crippen LogP contribution in [0, 0.1) is 5.41 Å². The van der Waals surface area contributed by atoms with Crippen LogP contribution in [0.4, 0.5) is 0 Å². The minimum atomic E-state index is 0.0664. The molecular weight excluding hydrogens is 274 g/mol. The zero-order valence-electron chi connectivity index (χ0n) is 12.2. The molecule has 5 heteroatoms. The molecule has 0 atom stereocenters. The van der Waals surface area contributed by atoms with Gasteiger partial charge < -0.3 is 16.5 Å². The molecule has 0 saturated carbocycles. The molecule has 1 aromatic heterocycles. The van der Waals surface area contributed by atoms with E-state index in [-0.39, 0.29) is 5.84 Å². The third-order valence-electron chi connectivity index (χ3n) is 3.67. The highest BCUT2D eigenvalue weighted by Gasteiger charge is 2.06. The molecular formula is C17H17N5. The van der Waals surface area contributed by atoms with Crippen molar-refractivity contribution >= 4 is 22.6 Å². The van der Waals surface area contributed by atoms with Crippen molar-refractivity contribution in [2.24, 2.45) is 16.5 Å². The van der Waals surface area contributed by atoms with E-state index in [0.29, 0.717) is 11.4 Å². The first-order chi connectivity index (χ1) is 10.6. The molecule has 0 radical (unpaired) electrons. The van der Waals surface area contributed by atoms with Gasteiger partial charge in [0.1, 0.15) is 11.7 Å². The van der Waals surface area contributed by atoms with E-state index in [1.54, 1.807) is 7.05 Å². The molecule has 110 valence electrons. The molecule has 0 fully saturated rings. The molecule has 1 heterocycles. The summed E-state index contributed by atoms with van der Waals surface area (Å²) in [6.45, 7) is 0. The third kappa shape index (κ3) is 2.44. The number of aromatic nitrogens is 1. The van der Waals surface area contributed by atoms with Crippen molar-refractivity contribution in [2.75, 3.05) is 7.05 Å². The topological polar surface area (TPSA) is 104 Å². The number of aliphatic imine (C=N–C) groups is 1. The lowest BCUT2D eigenvalue weighted by atomic mass is 10.1. The highest BCUT2D eigenvalue weighted by molar-refractivity contribution is 6.00. The Balaban J connectivity index is 2.01. The normalized spacial score (nSPS) is 11.8. The largest absolute Gasteiger partial charge is 0.384 e. The van der Waals surface area contributed by atoms with Crippen LogP contribution < -0.4 is 11.5 Å². The minimum Gasteiger partial charge on any atom is -0.384 e. The number of nitrogen functional groups attached to an aromatic ring is 1. The summed E-state index contributed by atoms with van der Waals surface area (Å²) in [4.78, 5) is 7.33. The number of hydrogen-bond acceptors (Lipinski definition) is 2. The van der Waals surface area contributed by atoms with Crippen LogP contribution in [-0.4, -0.2) is 23.7 Å². The van der Waals surface area contributed by atoms with Gasteiger partial charge in [0.05, 0.1) is 0 Å². The van der Waals surface area contributed by atoms with Gasteiger partial charge >= 0.3 is 0 Å². The number of fused-ring (bicyclic) bond motifs is 1. The summed E-state index contributed by atoms with van der Waals surface area (Å²) in [7, 11) is 1.67. The van der Waals surface area contributed by atoms with E-state index in [1.807, 2.05) is 42.5 Å². The Hall–Kier alpha value is -3.08. The first kappa shape index (κ1) is 13.9. The van der Waals surface area contributed by atoms with Crippen LogP contribution in [-0.2, 0) is 0 Å². The summed E-state index contributed by atoms with van der Waals surface area (Å²) < 4.78 is 0. The maximum absolute atomic E-state index is 7.50. The lowest BCUT2D eigenvalue weighted by Gasteiger charge is -2.02. The molecule has 3 aromatic rings. The van der Waals surface area contributed by atoms with Crippen molar-refractivity contribution < 1.29 is 0 Å². The summed E-state index contributed by atoms with van der Waals surface area (Å²) in [6.07, 6.45) is 0. The molecule has 0 aliphatic carbocycles. The Morgan fingerprint density at radius 2 is 1.68 bits per heavy atom. The standard InChI is InChI=1S/C17H17N5/c1-21-17(20)11-4-2-10(3-5-11)14-8-12-6-7-13(16(18)19)9-15(12)22-14/h2-9,22H,1H3,(H3,18,19)(H2,20,21). The molecule has 0 amide bonds. The monoisotopic (exact) mass is 291 g/mol. The van der Waals surface area contributed by atoms with Crippen LogP contribution >= 0.6 is 0 Å². The van der Waals surface area contributed by atoms with Crippen LogP contribution in [0.1, 0.15) is 11.1 Å². The lowest BCUT2D eigenvalue weighted by Crippen LogP contribution is -2.12. The van der Waals surface area contributed by atoms with Gasteiger partial charge in [0.2, 0.25) is 0 Å². The average Bonchev–Trinajstić information content (AvgIpc) is 2.97. The Morgan fingerprint density at radius 3 is 2.32 bits per heavy atom. The van der Waals surface area contributed by atoms with Gasteiger partial charge in [0, 0.05) is 34.8 Å². The predicted octanol–water partition coefficient (Wildman–Crippen LogP) is 2.45. The predicted molar refractivity (Wildman–Crippen MR) is 91.4 cm³/mol. The van der Waals surface area contributed by atoms with Crippen molar-refractivity contribution in [1.29, 1.82) is 5.41 Å². The number of nitrogens with two attached hydrogens (primary N) is 2. The second-order valence-corrected chi connectivity index (χ2v) is 5.08. The molecule has 5 nitrogen and oxygen atoms in total. The SMILES string of the molecule is CN=C(N)c1ccc(-c2cc3ccc(C(=N)N)cc3[nH]2)cc1. The van der Waals surface area contributed by atoms with Gasteiger partial charge in [-0.1, -0.05) is 36.4 Å². The Morgan fingerprint density at radius 1 is 1.00 bits per heavy atom. The summed E-state index contributed by atoms with van der Waals surface area (Å²) in [5, 5.41) is 8.59. The van der Waals surface area contributed by atoms with Crippen molar-refractivity contribution in [3.8, 4) is 11.3 Å². The quantitative estimate of drug-likeness (QED) is 0.440. The Kier molecular flexibility index (Phi) is 3.39. The fraction of sp³-hybridized carbons (Fsp3) is 0.0588. The molecule has 0 unspecified atom stereocenters.